The van der Waals surface area contributed by atoms with Crippen molar-refractivity contribution in [2.45, 2.75) is 38.3 Å². The molecule has 1 aromatic carbocycles. The Hall–Kier alpha value is -1.35. The first-order valence-corrected chi connectivity index (χ1v) is 5.72. The fourth-order valence-electron chi connectivity index (χ4n) is 2.12. The van der Waals surface area contributed by atoms with E-state index in [-0.39, 0.29) is 17.9 Å². The highest BCUT2D eigenvalue weighted by Gasteiger charge is 2.24. The molecular weight excluding hydrogens is 202 g/mol. The van der Waals surface area contributed by atoms with Crippen molar-refractivity contribution in [1.29, 1.82) is 0 Å². The summed E-state index contributed by atoms with van der Waals surface area (Å²) in [5.41, 5.74) is 1.69. The van der Waals surface area contributed by atoms with Crippen LogP contribution in [-0.4, -0.2) is 23.0 Å². The molecule has 2 N–H and O–H groups in total. The molecule has 1 saturated carbocycles. The summed E-state index contributed by atoms with van der Waals surface area (Å²) in [7, 11) is 0. The third kappa shape index (κ3) is 2.42. The Labute approximate surface area is 95.5 Å². The SMILES string of the molecule is CC(=O)c1ccc(N[C@@H]2CCC[C@H]2O)cc1. The number of benzene rings is 1. The van der Waals surface area contributed by atoms with Crippen molar-refractivity contribution < 1.29 is 9.90 Å². The highest BCUT2D eigenvalue weighted by Crippen LogP contribution is 2.23. The van der Waals surface area contributed by atoms with Crippen LogP contribution in [0.3, 0.4) is 0 Å². The number of aliphatic hydroxyl groups excluding tert-OH is 1. The van der Waals surface area contributed by atoms with E-state index in [0.717, 1.165) is 30.5 Å². The summed E-state index contributed by atoms with van der Waals surface area (Å²) in [6.07, 6.45) is 2.72. The monoisotopic (exact) mass is 219 g/mol. The fraction of sp³-hybridized carbons (Fsp3) is 0.462. The van der Waals surface area contributed by atoms with Crippen LogP contribution >= 0.6 is 0 Å². The lowest BCUT2D eigenvalue weighted by molar-refractivity contribution is 0.101. The predicted molar refractivity (Wildman–Crippen MR) is 63.7 cm³/mol. The number of aliphatic hydroxyl groups is 1. The lowest BCUT2D eigenvalue weighted by Gasteiger charge is -2.17. The van der Waals surface area contributed by atoms with Crippen molar-refractivity contribution in [3.8, 4) is 0 Å². The minimum Gasteiger partial charge on any atom is -0.391 e. The van der Waals surface area contributed by atoms with Crippen molar-refractivity contribution in [3.05, 3.63) is 29.8 Å². The van der Waals surface area contributed by atoms with Crippen LogP contribution in [0.4, 0.5) is 5.69 Å². The third-order valence-electron chi connectivity index (χ3n) is 3.12. The van der Waals surface area contributed by atoms with Crippen LogP contribution in [0.5, 0.6) is 0 Å². The fourth-order valence-corrected chi connectivity index (χ4v) is 2.12. The Morgan fingerprint density at radius 1 is 1.31 bits per heavy atom. The quantitative estimate of drug-likeness (QED) is 0.766. The zero-order valence-corrected chi connectivity index (χ0v) is 9.44. The Balaban J connectivity index is 2.02. The normalized spacial score (nSPS) is 24.4. The second-order valence-corrected chi connectivity index (χ2v) is 4.38. The Morgan fingerprint density at radius 2 is 2.00 bits per heavy atom. The van der Waals surface area contributed by atoms with E-state index in [0.29, 0.717) is 0 Å². The van der Waals surface area contributed by atoms with E-state index in [9.17, 15) is 9.90 Å². The highest BCUT2D eigenvalue weighted by atomic mass is 16.3. The molecule has 3 nitrogen and oxygen atoms in total. The maximum Gasteiger partial charge on any atom is 0.159 e. The molecular formula is C13H17NO2. The number of carbonyl (C=O) groups excluding carboxylic acids is 1. The predicted octanol–water partition coefficient (Wildman–Crippen LogP) is 2.21. The molecule has 86 valence electrons. The molecule has 0 heterocycles. The minimum absolute atomic E-state index is 0.0763. The van der Waals surface area contributed by atoms with Gasteiger partial charge in [0.05, 0.1) is 12.1 Å². The Kier molecular flexibility index (Phi) is 3.25. The summed E-state index contributed by atoms with van der Waals surface area (Å²) in [6, 6.07) is 7.56. The molecule has 0 aliphatic heterocycles. The smallest absolute Gasteiger partial charge is 0.159 e. The number of hydrogen-bond acceptors (Lipinski definition) is 3. The highest BCUT2D eigenvalue weighted by molar-refractivity contribution is 5.94. The number of ketones is 1. The largest absolute Gasteiger partial charge is 0.391 e. The van der Waals surface area contributed by atoms with Gasteiger partial charge in [-0.05, 0) is 50.5 Å². The molecule has 0 aromatic heterocycles. The summed E-state index contributed by atoms with van der Waals surface area (Å²) in [5.74, 6) is 0.0763. The molecule has 0 spiro atoms. The maximum absolute atomic E-state index is 11.1. The van der Waals surface area contributed by atoms with E-state index in [1.54, 1.807) is 6.92 Å². The Morgan fingerprint density at radius 3 is 2.50 bits per heavy atom. The van der Waals surface area contributed by atoms with Gasteiger partial charge in [-0.25, -0.2) is 0 Å². The minimum atomic E-state index is -0.243. The van der Waals surface area contributed by atoms with Gasteiger partial charge in [-0.15, -0.1) is 0 Å². The zero-order chi connectivity index (χ0) is 11.5. The van der Waals surface area contributed by atoms with Gasteiger partial charge in [0.25, 0.3) is 0 Å². The second-order valence-electron chi connectivity index (χ2n) is 4.38. The van der Waals surface area contributed by atoms with Gasteiger partial charge in [-0.3, -0.25) is 4.79 Å². The van der Waals surface area contributed by atoms with Gasteiger partial charge in [0.15, 0.2) is 5.78 Å². The number of rotatable bonds is 3. The van der Waals surface area contributed by atoms with Gasteiger partial charge >= 0.3 is 0 Å². The van der Waals surface area contributed by atoms with E-state index in [1.165, 1.54) is 0 Å². The standard InChI is InChI=1S/C13H17NO2/c1-9(15)10-5-7-11(8-6-10)14-12-3-2-4-13(12)16/h5-8,12-14,16H,2-4H2,1H3/t12-,13-/m1/s1. The summed E-state index contributed by atoms with van der Waals surface area (Å²) in [4.78, 5) is 11.1. The first kappa shape index (κ1) is 11.1. The van der Waals surface area contributed by atoms with E-state index < -0.39 is 0 Å². The van der Waals surface area contributed by atoms with E-state index >= 15 is 0 Å². The molecule has 2 rings (SSSR count). The molecule has 0 unspecified atom stereocenters. The number of carbonyl (C=O) groups is 1. The summed E-state index contributed by atoms with van der Waals surface area (Å²) >= 11 is 0. The van der Waals surface area contributed by atoms with Crippen LogP contribution in [0.2, 0.25) is 0 Å². The van der Waals surface area contributed by atoms with E-state index in [4.69, 9.17) is 0 Å². The average molecular weight is 219 g/mol. The molecule has 1 fully saturated rings. The zero-order valence-electron chi connectivity index (χ0n) is 9.44. The van der Waals surface area contributed by atoms with Crippen molar-refractivity contribution in [2.24, 2.45) is 0 Å². The number of hydrogen-bond donors (Lipinski definition) is 2. The van der Waals surface area contributed by atoms with Gasteiger partial charge in [0.1, 0.15) is 0 Å². The topological polar surface area (TPSA) is 49.3 Å². The average Bonchev–Trinajstić information content (AvgIpc) is 2.65. The molecule has 0 saturated heterocycles. The molecule has 1 aromatic rings. The summed E-state index contributed by atoms with van der Waals surface area (Å²) in [5, 5.41) is 13.0. The lowest BCUT2D eigenvalue weighted by atomic mass is 10.1. The van der Waals surface area contributed by atoms with Crippen molar-refractivity contribution in [3.63, 3.8) is 0 Å². The summed E-state index contributed by atoms with van der Waals surface area (Å²) in [6.45, 7) is 1.56. The molecule has 1 aliphatic rings. The lowest BCUT2D eigenvalue weighted by Crippen LogP contribution is -2.27. The Bertz CT molecular complexity index is 372. The number of Topliss-reactive ketones (excluding diaryl/α,β-unsaturated/α-hetero) is 1. The van der Waals surface area contributed by atoms with Crippen LogP contribution in [0.25, 0.3) is 0 Å². The van der Waals surface area contributed by atoms with Crippen molar-refractivity contribution >= 4 is 11.5 Å². The third-order valence-corrected chi connectivity index (χ3v) is 3.12. The van der Waals surface area contributed by atoms with Crippen molar-refractivity contribution in [2.75, 3.05) is 5.32 Å². The molecule has 3 heteroatoms. The molecule has 0 amide bonds. The maximum atomic E-state index is 11.1. The van der Waals surface area contributed by atoms with Gasteiger partial charge < -0.3 is 10.4 Å². The second kappa shape index (κ2) is 4.66. The van der Waals surface area contributed by atoms with Crippen LogP contribution < -0.4 is 5.32 Å². The van der Waals surface area contributed by atoms with Crippen LogP contribution in [-0.2, 0) is 0 Å². The molecule has 0 radical (unpaired) electrons. The molecule has 0 bridgehead atoms. The van der Waals surface area contributed by atoms with Crippen LogP contribution in [0, 0.1) is 0 Å². The van der Waals surface area contributed by atoms with Gasteiger partial charge in [0, 0.05) is 11.3 Å². The van der Waals surface area contributed by atoms with E-state index in [2.05, 4.69) is 5.32 Å². The van der Waals surface area contributed by atoms with Crippen molar-refractivity contribution in [1.82, 2.24) is 0 Å². The molecule has 2 atom stereocenters. The van der Waals surface area contributed by atoms with Crippen LogP contribution in [0.1, 0.15) is 36.5 Å². The first-order chi connectivity index (χ1) is 7.66. The van der Waals surface area contributed by atoms with Gasteiger partial charge in [0.2, 0.25) is 0 Å². The molecule has 1 aliphatic carbocycles. The molecule has 16 heavy (non-hydrogen) atoms. The number of nitrogens with one attached hydrogen (secondary N) is 1. The van der Waals surface area contributed by atoms with Crippen LogP contribution in [0.15, 0.2) is 24.3 Å². The van der Waals surface area contributed by atoms with Gasteiger partial charge in [-0.1, -0.05) is 0 Å². The number of anilines is 1. The first-order valence-electron chi connectivity index (χ1n) is 5.72. The van der Waals surface area contributed by atoms with E-state index in [1.807, 2.05) is 24.3 Å². The summed E-state index contributed by atoms with van der Waals surface area (Å²) < 4.78 is 0. The van der Waals surface area contributed by atoms with Gasteiger partial charge in [-0.2, -0.15) is 0 Å².